The molecule has 0 aliphatic carbocycles. The highest BCUT2D eigenvalue weighted by Gasteiger charge is 2.34. The number of nitrogens with zero attached hydrogens (tertiary/aromatic N) is 1. The average Bonchev–Trinajstić information content (AvgIpc) is 2.76. The quantitative estimate of drug-likeness (QED) is 0.482. The highest BCUT2D eigenvalue weighted by atomic mass is 16.5. The van der Waals surface area contributed by atoms with Crippen LogP contribution in [0.2, 0.25) is 0 Å². The van der Waals surface area contributed by atoms with E-state index < -0.39 is 0 Å². The Morgan fingerprint density at radius 3 is 2.57 bits per heavy atom. The van der Waals surface area contributed by atoms with E-state index in [2.05, 4.69) is 16.0 Å². The van der Waals surface area contributed by atoms with Crippen molar-refractivity contribution < 1.29 is 14.2 Å². The number of aromatic amines is 1. The lowest BCUT2D eigenvalue weighted by Gasteiger charge is -2.29. The van der Waals surface area contributed by atoms with Crippen molar-refractivity contribution in [1.29, 1.82) is 0 Å². The van der Waals surface area contributed by atoms with Crippen molar-refractivity contribution in [2.75, 3.05) is 14.2 Å². The molecule has 150 valence electrons. The summed E-state index contributed by atoms with van der Waals surface area (Å²) in [4.78, 5) is 20.4. The van der Waals surface area contributed by atoms with E-state index in [1.807, 2.05) is 48.5 Å². The maximum absolute atomic E-state index is 13.1. The Labute approximate surface area is 173 Å². The van der Waals surface area contributed by atoms with Crippen LogP contribution < -0.4 is 19.8 Å². The van der Waals surface area contributed by atoms with Gasteiger partial charge in [-0.15, -0.1) is 0 Å². The number of ether oxygens (including phenoxy) is 3. The van der Waals surface area contributed by atoms with Gasteiger partial charge in [-0.2, -0.15) is 4.98 Å². The van der Waals surface area contributed by atoms with Gasteiger partial charge in [0, 0.05) is 11.5 Å². The van der Waals surface area contributed by atoms with E-state index in [0.29, 0.717) is 34.5 Å². The molecule has 6 nitrogen and oxygen atoms in total. The molecule has 30 heavy (non-hydrogen) atoms. The van der Waals surface area contributed by atoms with Gasteiger partial charge in [-0.25, -0.2) is 0 Å². The van der Waals surface area contributed by atoms with Crippen molar-refractivity contribution >= 4 is 10.8 Å². The summed E-state index contributed by atoms with van der Waals surface area (Å²) in [6, 6.07) is 17.7. The van der Waals surface area contributed by atoms with E-state index in [-0.39, 0.29) is 11.5 Å². The summed E-state index contributed by atoms with van der Waals surface area (Å²) in [6.45, 7) is 1.74. The first kappa shape index (κ1) is 18.2. The second kappa shape index (κ2) is 6.91. The Bertz CT molecular complexity index is 1340. The number of fused-ring (bicyclic) bond motifs is 4. The summed E-state index contributed by atoms with van der Waals surface area (Å²) >= 11 is 0. The van der Waals surface area contributed by atoms with Crippen LogP contribution in [0.5, 0.6) is 23.1 Å². The molecule has 0 radical (unpaired) electrons. The first-order chi connectivity index (χ1) is 14.6. The number of methoxy groups -OCH3 is 2. The molecule has 0 saturated heterocycles. The third-order valence-corrected chi connectivity index (χ3v) is 5.49. The van der Waals surface area contributed by atoms with Gasteiger partial charge in [-0.3, -0.25) is 4.79 Å². The van der Waals surface area contributed by atoms with Gasteiger partial charge < -0.3 is 19.2 Å². The number of nitrogens with one attached hydrogen (secondary N) is 1. The van der Waals surface area contributed by atoms with Crippen molar-refractivity contribution in [2.45, 2.75) is 12.8 Å². The summed E-state index contributed by atoms with van der Waals surface area (Å²) in [5.41, 5.74) is 2.10. The lowest BCUT2D eigenvalue weighted by atomic mass is 9.81. The van der Waals surface area contributed by atoms with Crippen LogP contribution in [-0.2, 0) is 0 Å². The molecule has 0 saturated carbocycles. The van der Waals surface area contributed by atoms with Crippen molar-refractivity contribution in [1.82, 2.24) is 9.97 Å². The van der Waals surface area contributed by atoms with Gasteiger partial charge in [-0.05, 0) is 41.5 Å². The summed E-state index contributed by atoms with van der Waals surface area (Å²) in [5, 5.41) is 2.10. The second-order valence-corrected chi connectivity index (χ2v) is 7.22. The minimum absolute atomic E-state index is 0.212. The zero-order valence-corrected chi connectivity index (χ0v) is 16.9. The molecule has 6 heteroatoms. The van der Waals surface area contributed by atoms with Crippen LogP contribution in [0.1, 0.15) is 28.4 Å². The van der Waals surface area contributed by atoms with E-state index in [0.717, 1.165) is 21.9 Å². The van der Waals surface area contributed by atoms with Gasteiger partial charge >= 0.3 is 0 Å². The summed E-state index contributed by atoms with van der Waals surface area (Å²) in [5.74, 6) is 2.39. The molecule has 1 aliphatic rings. The fourth-order valence-corrected chi connectivity index (χ4v) is 4.18. The molecule has 3 aromatic carbocycles. The maximum Gasteiger partial charge on any atom is 0.258 e. The van der Waals surface area contributed by atoms with Crippen LogP contribution in [0.3, 0.4) is 0 Å². The number of aryl methyl sites for hydroxylation is 1. The predicted molar refractivity (Wildman–Crippen MR) is 114 cm³/mol. The first-order valence-corrected chi connectivity index (χ1v) is 9.63. The molecule has 1 atom stereocenters. The molecule has 5 rings (SSSR count). The van der Waals surface area contributed by atoms with Gasteiger partial charge in [0.15, 0.2) is 11.5 Å². The Morgan fingerprint density at radius 2 is 1.77 bits per heavy atom. The average molecular weight is 400 g/mol. The van der Waals surface area contributed by atoms with E-state index in [1.165, 1.54) is 0 Å². The zero-order chi connectivity index (χ0) is 20.8. The van der Waals surface area contributed by atoms with Gasteiger partial charge in [0.25, 0.3) is 5.56 Å². The normalized spacial score (nSPS) is 14.6. The molecule has 1 N–H and O–H groups in total. The van der Waals surface area contributed by atoms with Crippen LogP contribution in [0, 0.1) is 6.92 Å². The Kier molecular flexibility index (Phi) is 4.20. The molecule has 1 aliphatic heterocycles. The van der Waals surface area contributed by atoms with Crippen LogP contribution >= 0.6 is 0 Å². The fraction of sp³-hybridized carbons (Fsp3) is 0.167. The summed E-state index contributed by atoms with van der Waals surface area (Å²) in [7, 11) is 3.20. The standard InChI is InChI=1S/C24H20N2O4/c1-13-25-23(27)22-20(15-9-10-17(28-2)19(12-15)29-3)21-16-7-5-4-6-14(16)8-11-18(21)30-24(22)26-13/h4-12,20H,1-3H3,(H,25,26,27). The fourth-order valence-electron chi connectivity index (χ4n) is 4.18. The minimum Gasteiger partial charge on any atom is -0.493 e. The lowest BCUT2D eigenvalue weighted by Crippen LogP contribution is -2.25. The van der Waals surface area contributed by atoms with Gasteiger partial charge in [0.05, 0.1) is 19.8 Å². The molecule has 0 spiro atoms. The molecule has 0 amide bonds. The van der Waals surface area contributed by atoms with E-state index in [9.17, 15) is 4.79 Å². The van der Waals surface area contributed by atoms with Crippen molar-refractivity contribution in [3.8, 4) is 23.1 Å². The van der Waals surface area contributed by atoms with Crippen molar-refractivity contribution in [2.24, 2.45) is 0 Å². The lowest BCUT2D eigenvalue weighted by molar-refractivity contribution is 0.354. The van der Waals surface area contributed by atoms with Gasteiger partial charge in [0.1, 0.15) is 11.6 Å². The third kappa shape index (κ3) is 2.72. The Balaban J connectivity index is 1.86. The predicted octanol–water partition coefficient (Wildman–Crippen LogP) is 4.53. The molecule has 1 unspecified atom stereocenters. The topological polar surface area (TPSA) is 73.4 Å². The summed E-state index contributed by atoms with van der Waals surface area (Å²) in [6.07, 6.45) is 0. The van der Waals surface area contributed by atoms with E-state index in [1.54, 1.807) is 21.1 Å². The van der Waals surface area contributed by atoms with E-state index >= 15 is 0 Å². The van der Waals surface area contributed by atoms with Crippen LogP contribution in [-0.4, -0.2) is 24.2 Å². The van der Waals surface area contributed by atoms with Crippen LogP contribution in [0.4, 0.5) is 0 Å². The highest BCUT2D eigenvalue weighted by Crippen LogP contribution is 2.48. The number of rotatable bonds is 3. The number of aromatic nitrogens is 2. The smallest absolute Gasteiger partial charge is 0.258 e. The van der Waals surface area contributed by atoms with Gasteiger partial charge in [0.2, 0.25) is 5.88 Å². The first-order valence-electron chi connectivity index (χ1n) is 9.63. The second-order valence-electron chi connectivity index (χ2n) is 7.22. The monoisotopic (exact) mass is 400 g/mol. The SMILES string of the molecule is COc1ccc(C2c3c(nc(C)[nH]c3=O)Oc3ccc4ccccc4c32)cc1OC. The molecule has 0 bridgehead atoms. The molecular weight excluding hydrogens is 380 g/mol. The molecular formula is C24H20N2O4. The number of hydrogen-bond acceptors (Lipinski definition) is 5. The Hall–Kier alpha value is -3.80. The van der Waals surface area contributed by atoms with Crippen LogP contribution in [0.25, 0.3) is 10.8 Å². The summed E-state index contributed by atoms with van der Waals surface area (Å²) < 4.78 is 17.0. The molecule has 1 aromatic heterocycles. The number of hydrogen-bond donors (Lipinski definition) is 1. The molecule has 2 heterocycles. The minimum atomic E-state index is -0.369. The van der Waals surface area contributed by atoms with E-state index in [4.69, 9.17) is 14.2 Å². The third-order valence-electron chi connectivity index (χ3n) is 5.49. The number of H-pyrrole nitrogens is 1. The highest BCUT2D eigenvalue weighted by molar-refractivity contribution is 5.90. The molecule has 0 fully saturated rings. The van der Waals surface area contributed by atoms with Crippen molar-refractivity contribution in [3.63, 3.8) is 0 Å². The van der Waals surface area contributed by atoms with Crippen molar-refractivity contribution in [3.05, 3.63) is 87.5 Å². The number of benzene rings is 3. The molecule has 4 aromatic rings. The van der Waals surface area contributed by atoms with Gasteiger partial charge in [-0.1, -0.05) is 36.4 Å². The largest absolute Gasteiger partial charge is 0.493 e. The maximum atomic E-state index is 13.1. The Morgan fingerprint density at radius 1 is 0.967 bits per heavy atom. The van der Waals surface area contributed by atoms with Crippen LogP contribution in [0.15, 0.2) is 59.4 Å². The zero-order valence-electron chi connectivity index (χ0n) is 16.9.